The third-order valence-corrected chi connectivity index (χ3v) is 3.99. The number of hydrogen-bond donors (Lipinski definition) is 0. The van der Waals surface area contributed by atoms with Gasteiger partial charge in [0.1, 0.15) is 0 Å². The molecule has 1 aromatic carbocycles. The number of para-hydroxylation sites is 1. The number of thiocarbonyl (C=S) groups is 1. The second-order valence-electron chi connectivity index (χ2n) is 4.91. The highest BCUT2D eigenvalue weighted by Gasteiger charge is 2.21. The van der Waals surface area contributed by atoms with E-state index in [4.69, 9.17) is 12.2 Å². The highest BCUT2D eigenvalue weighted by atomic mass is 32.1. The van der Waals surface area contributed by atoms with Gasteiger partial charge in [0.15, 0.2) is 0 Å². The van der Waals surface area contributed by atoms with Gasteiger partial charge >= 0.3 is 0 Å². The Hall–Kier alpha value is -1.15. The van der Waals surface area contributed by atoms with Gasteiger partial charge in [-0.05, 0) is 50.7 Å². The van der Waals surface area contributed by atoms with Crippen LogP contribution in [0.15, 0.2) is 30.0 Å². The van der Waals surface area contributed by atoms with Crippen LogP contribution in [0, 0.1) is 13.8 Å². The highest BCUT2D eigenvalue weighted by molar-refractivity contribution is 7.80. The summed E-state index contributed by atoms with van der Waals surface area (Å²) in [5.74, 6) is 0. The summed E-state index contributed by atoms with van der Waals surface area (Å²) in [5, 5.41) is 0. The SMILES string of the molecule is CCC(=S)N(C1=CCCC1)c1c(C)cccc1C. The summed E-state index contributed by atoms with van der Waals surface area (Å²) in [6.07, 6.45) is 6.84. The second-order valence-corrected chi connectivity index (χ2v) is 5.38. The normalized spacial score (nSPS) is 14.5. The van der Waals surface area contributed by atoms with E-state index in [0.717, 1.165) is 17.8 Å². The molecule has 0 N–H and O–H groups in total. The Morgan fingerprint density at radius 3 is 2.44 bits per heavy atom. The van der Waals surface area contributed by atoms with Crippen molar-refractivity contribution in [2.75, 3.05) is 4.90 Å². The predicted molar refractivity (Wildman–Crippen MR) is 83.2 cm³/mol. The number of aryl methyl sites for hydroxylation is 2. The van der Waals surface area contributed by atoms with Crippen molar-refractivity contribution in [2.24, 2.45) is 0 Å². The van der Waals surface area contributed by atoms with Crippen LogP contribution >= 0.6 is 12.2 Å². The first-order valence-corrected chi connectivity index (χ1v) is 7.14. The lowest BCUT2D eigenvalue weighted by molar-refractivity contribution is 0.892. The van der Waals surface area contributed by atoms with E-state index in [2.05, 4.69) is 49.9 Å². The fourth-order valence-corrected chi connectivity index (χ4v) is 2.81. The van der Waals surface area contributed by atoms with Crippen LogP contribution in [-0.4, -0.2) is 4.99 Å². The highest BCUT2D eigenvalue weighted by Crippen LogP contribution is 2.33. The maximum absolute atomic E-state index is 5.60. The van der Waals surface area contributed by atoms with E-state index in [0.29, 0.717) is 0 Å². The molecule has 96 valence electrons. The molecule has 0 bridgehead atoms. The number of anilines is 1. The van der Waals surface area contributed by atoms with Crippen LogP contribution in [0.3, 0.4) is 0 Å². The van der Waals surface area contributed by atoms with E-state index in [1.54, 1.807) is 0 Å². The lowest BCUT2D eigenvalue weighted by atomic mass is 10.1. The summed E-state index contributed by atoms with van der Waals surface area (Å²) in [6, 6.07) is 6.45. The van der Waals surface area contributed by atoms with Gasteiger partial charge in [-0.1, -0.05) is 43.4 Å². The van der Waals surface area contributed by atoms with Crippen LogP contribution in [0.5, 0.6) is 0 Å². The van der Waals surface area contributed by atoms with Gasteiger partial charge < -0.3 is 4.90 Å². The number of benzene rings is 1. The van der Waals surface area contributed by atoms with Crippen LogP contribution in [0.25, 0.3) is 0 Å². The van der Waals surface area contributed by atoms with Crippen LogP contribution in [0.2, 0.25) is 0 Å². The molecule has 0 fully saturated rings. The monoisotopic (exact) mass is 259 g/mol. The van der Waals surface area contributed by atoms with Crippen molar-refractivity contribution in [1.82, 2.24) is 0 Å². The van der Waals surface area contributed by atoms with Crippen molar-refractivity contribution >= 4 is 22.9 Å². The lowest BCUT2D eigenvalue weighted by Crippen LogP contribution is -2.28. The van der Waals surface area contributed by atoms with Crippen molar-refractivity contribution in [1.29, 1.82) is 0 Å². The van der Waals surface area contributed by atoms with E-state index in [-0.39, 0.29) is 0 Å². The molecular weight excluding hydrogens is 238 g/mol. The maximum atomic E-state index is 5.60. The van der Waals surface area contributed by atoms with Gasteiger partial charge in [-0.15, -0.1) is 0 Å². The molecular formula is C16H21NS. The van der Waals surface area contributed by atoms with Crippen molar-refractivity contribution in [3.63, 3.8) is 0 Å². The Morgan fingerprint density at radius 2 is 1.94 bits per heavy atom. The quantitative estimate of drug-likeness (QED) is 0.709. The minimum absolute atomic E-state index is 0.917. The smallest absolute Gasteiger partial charge is 0.0864 e. The Kier molecular flexibility index (Phi) is 4.18. The van der Waals surface area contributed by atoms with Crippen molar-refractivity contribution in [3.05, 3.63) is 41.1 Å². The molecule has 0 saturated heterocycles. The Morgan fingerprint density at radius 1 is 1.28 bits per heavy atom. The van der Waals surface area contributed by atoms with Crippen LogP contribution < -0.4 is 4.90 Å². The summed E-state index contributed by atoms with van der Waals surface area (Å²) in [4.78, 5) is 3.34. The maximum Gasteiger partial charge on any atom is 0.0864 e. The minimum Gasteiger partial charge on any atom is -0.308 e. The van der Waals surface area contributed by atoms with Gasteiger partial charge in [0.2, 0.25) is 0 Å². The molecule has 0 saturated carbocycles. The first-order valence-electron chi connectivity index (χ1n) is 6.73. The molecule has 0 aromatic heterocycles. The largest absolute Gasteiger partial charge is 0.308 e. The molecule has 0 heterocycles. The predicted octanol–water partition coefficient (Wildman–Crippen LogP) is 4.92. The average molecular weight is 259 g/mol. The zero-order valence-electron chi connectivity index (χ0n) is 11.5. The Labute approximate surface area is 116 Å². The third-order valence-electron chi connectivity index (χ3n) is 3.52. The van der Waals surface area contributed by atoms with Gasteiger partial charge in [-0.3, -0.25) is 0 Å². The summed E-state index contributed by atoms with van der Waals surface area (Å²) in [5.41, 5.74) is 5.29. The molecule has 0 aliphatic heterocycles. The molecule has 1 aliphatic carbocycles. The molecule has 0 spiro atoms. The first-order chi connectivity index (χ1) is 8.65. The van der Waals surface area contributed by atoms with Gasteiger partial charge in [0.25, 0.3) is 0 Å². The van der Waals surface area contributed by atoms with Crippen LogP contribution in [0.1, 0.15) is 43.7 Å². The zero-order valence-corrected chi connectivity index (χ0v) is 12.3. The summed E-state index contributed by atoms with van der Waals surface area (Å²) in [7, 11) is 0. The topological polar surface area (TPSA) is 3.24 Å². The fraction of sp³-hybridized carbons (Fsp3) is 0.438. The summed E-state index contributed by atoms with van der Waals surface area (Å²) in [6.45, 7) is 6.48. The molecule has 0 unspecified atom stereocenters. The number of allylic oxidation sites excluding steroid dienone is 2. The summed E-state index contributed by atoms with van der Waals surface area (Å²) < 4.78 is 0. The molecule has 1 nitrogen and oxygen atoms in total. The van der Waals surface area contributed by atoms with Gasteiger partial charge in [0.05, 0.1) is 10.7 Å². The fourth-order valence-electron chi connectivity index (χ4n) is 2.60. The van der Waals surface area contributed by atoms with Crippen LogP contribution in [0.4, 0.5) is 5.69 Å². The average Bonchev–Trinajstić information content (AvgIpc) is 2.86. The Bertz CT molecular complexity index is 468. The molecule has 1 aromatic rings. The number of nitrogens with zero attached hydrogens (tertiary/aromatic N) is 1. The van der Waals surface area contributed by atoms with Gasteiger partial charge in [-0.2, -0.15) is 0 Å². The first kappa shape index (κ1) is 13.3. The molecule has 18 heavy (non-hydrogen) atoms. The third kappa shape index (κ3) is 2.49. The van der Waals surface area contributed by atoms with E-state index in [9.17, 15) is 0 Å². The second kappa shape index (κ2) is 5.66. The molecule has 0 atom stereocenters. The lowest BCUT2D eigenvalue weighted by Gasteiger charge is -2.29. The number of rotatable bonds is 3. The van der Waals surface area contributed by atoms with E-state index < -0.39 is 0 Å². The van der Waals surface area contributed by atoms with E-state index in [1.165, 1.54) is 35.4 Å². The standard InChI is InChI=1S/C16H21NS/c1-4-15(18)17(14-10-5-6-11-14)16-12(2)8-7-9-13(16)3/h7-10H,4-6,11H2,1-3H3. The van der Waals surface area contributed by atoms with Gasteiger partial charge in [0, 0.05) is 5.70 Å². The van der Waals surface area contributed by atoms with Gasteiger partial charge in [-0.25, -0.2) is 0 Å². The molecule has 2 heteroatoms. The molecule has 2 rings (SSSR count). The molecule has 0 amide bonds. The Balaban J connectivity index is 2.49. The van der Waals surface area contributed by atoms with Crippen molar-refractivity contribution in [3.8, 4) is 0 Å². The van der Waals surface area contributed by atoms with Crippen LogP contribution in [-0.2, 0) is 0 Å². The molecule has 0 radical (unpaired) electrons. The van der Waals surface area contributed by atoms with E-state index >= 15 is 0 Å². The van der Waals surface area contributed by atoms with E-state index in [1.807, 2.05) is 0 Å². The summed E-state index contributed by atoms with van der Waals surface area (Å²) >= 11 is 5.60. The number of hydrogen-bond acceptors (Lipinski definition) is 1. The molecule has 1 aliphatic rings. The van der Waals surface area contributed by atoms with Crippen molar-refractivity contribution < 1.29 is 0 Å². The zero-order chi connectivity index (χ0) is 13.1. The van der Waals surface area contributed by atoms with Crippen molar-refractivity contribution in [2.45, 2.75) is 46.5 Å². The minimum atomic E-state index is 0.917.